The minimum atomic E-state index is -1.26. The monoisotopic (exact) mass is 282 g/mol. The van der Waals surface area contributed by atoms with E-state index in [0.29, 0.717) is 0 Å². The van der Waals surface area contributed by atoms with Crippen LogP contribution in [0.25, 0.3) is 0 Å². The highest BCUT2D eigenvalue weighted by atomic mass is 16.5. The first-order valence-electron chi connectivity index (χ1n) is 5.67. The summed E-state index contributed by atoms with van der Waals surface area (Å²) in [6.07, 6.45) is 0. The number of rotatable bonds is 6. The van der Waals surface area contributed by atoms with Crippen LogP contribution < -0.4 is 9.47 Å². The van der Waals surface area contributed by atoms with Gasteiger partial charge in [0.05, 0.1) is 32.0 Å². The van der Waals surface area contributed by atoms with E-state index in [-0.39, 0.29) is 29.2 Å². The molecule has 1 aromatic rings. The lowest BCUT2D eigenvalue weighted by Crippen LogP contribution is -2.19. The van der Waals surface area contributed by atoms with E-state index < -0.39 is 17.7 Å². The van der Waals surface area contributed by atoms with Gasteiger partial charge in [0.25, 0.3) is 5.78 Å². The number of ether oxygens (including phenoxy) is 3. The van der Waals surface area contributed by atoms with Crippen molar-refractivity contribution in [2.24, 2.45) is 0 Å². The van der Waals surface area contributed by atoms with Gasteiger partial charge in [-0.15, -0.1) is 0 Å². The maximum atomic E-state index is 12.0. The Bertz CT molecular complexity index is 548. The molecule has 1 aromatic carbocycles. The molecule has 0 fully saturated rings. The Balaban J connectivity index is 3.42. The third kappa shape index (κ3) is 3.05. The number of benzene rings is 1. The van der Waals surface area contributed by atoms with Crippen LogP contribution in [0.3, 0.4) is 0 Å². The Kier molecular flexibility index (Phi) is 5.08. The Labute approximate surface area is 115 Å². The maximum absolute atomic E-state index is 12.0. The standard InChI is InChI=1S/C13H14O7/c1-4-20-13(17)10(14)8-5-7(12(15)16)6-9(18-2)11(8)19-3/h5-6H,4H2,1-3H3,(H,15,16). The fourth-order valence-electron chi connectivity index (χ4n) is 1.56. The average molecular weight is 282 g/mol. The largest absolute Gasteiger partial charge is 0.493 e. The molecular formula is C13H14O7. The van der Waals surface area contributed by atoms with Gasteiger partial charge >= 0.3 is 11.9 Å². The minimum Gasteiger partial charge on any atom is -0.493 e. The van der Waals surface area contributed by atoms with Gasteiger partial charge in [-0.05, 0) is 19.1 Å². The van der Waals surface area contributed by atoms with Crippen molar-refractivity contribution in [3.05, 3.63) is 23.3 Å². The number of Topliss-reactive ketones (excluding diaryl/α,β-unsaturated/α-hetero) is 1. The van der Waals surface area contributed by atoms with Crippen molar-refractivity contribution in [2.45, 2.75) is 6.92 Å². The maximum Gasteiger partial charge on any atom is 0.379 e. The van der Waals surface area contributed by atoms with Crippen LogP contribution in [0, 0.1) is 0 Å². The molecule has 0 heterocycles. The quantitative estimate of drug-likeness (QED) is 0.474. The molecule has 0 saturated heterocycles. The predicted molar refractivity (Wildman–Crippen MR) is 67.5 cm³/mol. The van der Waals surface area contributed by atoms with Crippen LogP contribution in [0.5, 0.6) is 11.5 Å². The molecule has 108 valence electrons. The highest BCUT2D eigenvalue weighted by Crippen LogP contribution is 2.33. The fraction of sp³-hybridized carbons (Fsp3) is 0.308. The number of carboxylic acid groups (broad SMARTS) is 1. The molecule has 0 saturated carbocycles. The van der Waals surface area contributed by atoms with E-state index in [9.17, 15) is 14.4 Å². The third-order valence-corrected chi connectivity index (χ3v) is 2.43. The highest BCUT2D eigenvalue weighted by Gasteiger charge is 2.26. The number of aromatic carboxylic acids is 1. The molecule has 0 aromatic heterocycles. The lowest BCUT2D eigenvalue weighted by molar-refractivity contribution is -0.137. The van der Waals surface area contributed by atoms with Crippen molar-refractivity contribution in [1.82, 2.24) is 0 Å². The van der Waals surface area contributed by atoms with Crippen molar-refractivity contribution in [2.75, 3.05) is 20.8 Å². The van der Waals surface area contributed by atoms with E-state index in [2.05, 4.69) is 4.74 Å². The molecule has 0 aliphatic rings. The van der Waals surface area contributed by atoms with E-state index in [1.807, 2.05) is 0 Å². The van der Waals surface area contributed by atoms with Gasteiger partial charge < -0.3 is 19.3 Å². The van der Waals surface area contributed by atoms with Crippen molar-refractivity contribution < 1.29 is 33.7 Å². The number of hydrogen-bond acceptors (Lipinski definition) is 6. The lowest BCUT2D eigenvalue weighted by Gasteiger charge is -2.12. The molecule has 0 unspecified atom stereocenters. The smallest absolute Gasteiger partial charge is 0.379 e. The fourth-order valence-corrected chi connectivity index (χ4v) is 1.56. The van der Waals surface area contributed by atoms with Gasteiger partial charge in [-0.3, -0.25) is 4.79 Å². The highest BCUT2D eigenvalue weighted by molar-refractivity contribution is 6.41. The van der Waals surface area contributed by atoms with E-state index in [1.54, 1.807) is 6.92 Å². The number of carboxylic acids is 1. The van der Waals surface area contributed by atoms with Crippen molar-refractivity contribution in [3.8, 4) is 11.5 Å². The van der Waals surface area contributed by atoms with Crippen LogP contribution in [-0.2, 0) is 9.53 Å². The zero-order valence-electron chi connectivity index (χ0n) is 11.3. The lowest BCUT2D eigenvalue weighted by atomic mass is 10.0. The molecule has 0 aliphatic carbocycles. The van der Waals surface area contributed by atoms with Crippen LogP contribution in [0.4, 0.5) is 0 Å². The summed E-state index contributed by atoms with van der Waals surface area (Å²) in [6.45, 7) is 1.58. The Hall–Kier alpha value is -2.57. The molecule has 7 heteroatoms. The number of hydrogen-bond donors (Lipinski definition) is 1. The predicted octanol–water partition coefficient (Wildman–Crippen LogP) is 1.15. The van der Waals surface area contributed by atoms with E-state index in [1.165, 1.54) is 20.3 Å². The first kappa shape index (κ1) is 15.5. The van der Waals surface area contributed by atoms with Crippen LogP contribution in [-0.4, -0.2) is 43.7 Å². The molecule has 0 amide bonds. The van der Waals surface area contributed by atoms with Gasteiger partial charge in [-0.2, -0.15) is 0 Å². The van der Waals surface area contributed by atoms with Gasteiger partial charge in [0.1, 0.15) is 0 Å². The SMILES string of the molecule is CCOC(=O)C(=O)c1cc(C(=O)O)cc(OC)c1OC. The topological polar surface area (TPSA) is 99.1 Å². The van der Waals surface area contributed by atoms with Gasteiger partial charge in [0, 0.05) is 0 Å². The molecule has 0 bridgehead atoms. The summed E-state index contributed by atoms with van der Waals surface area (Å²) in [5.74, 6) is -3.32. The second-order valence-corrected chi connectivity index (χ2v) is 3.61. The molecule has 0 radical (unpaired) electrons. The first-order chi connectivity index (χ1) is 9.46. The second kappa shape index (κ2) is 6.55. The van der Waals surface area contributed by atoms with Crippen molar-refractivity contribution in [1.29, 1.82) is 0 Å². The summed E-state index contributed by atoms with van der Waals surface area (Å²) in [5.41, 5.74) is -0.419. The van der Waals surface area contributed by atoms with E-state index in [0.717, 1.165) is 6.07 Å². The molecule has 0 aliphatic heterocycles. The second-order valence-electron chi connectivity index (χ2n) is 3.61. The normalized spacial score (nSPS) is 9.75. The zero-order chi connectivity index (χ0) is 15.3. The number of ketones is 1. The summed E-state index contributed by atoms with van der Waals surface area (Å²) in [4.78, 5) is 34.4. The number of carbonyl (C=O) groups excluding carboxylic acids is 2. The Morgan fingerprint density at radius 1 is 1.15 bits per heavy atom. The number of esters is 1. The number of carbonyl (C=O) groups is 3. The van der Waals surface area contributed by atoms with E-state index >= 15 is 0 Å². The summed E-state index contributed by atoms with van der Waals surface area (Å²) in [7, 11) is 2.57. The molecule has 1 N–H and O–H groups in total. The summed E-state index contributed by atoms with van der Waals surface area (Å²) in [6, 6.07) is 2.24. The van der Waals surface area contributed by atoms with E-state index in [4.69, 9.17) is 14.6 Å². The third-order valence-electron chi connectivity index (χ3n) is 2.43. The van der Waals surface area contributed by atoms with Crippen molar-refractivity contribution in [3.63, 3.8) is 0 Å². The van der Waals surface area contributed by atoms with Gasteiger partial charge in [-0.25, -0.2) is 9.59 Å². The molecule has 0 spiro atoms. The summed E-state index contributed by atoms with van der Waals surface area (Å²) < 4.78 is 14.6. The van der Waals surface area contributed by atoms with Crippen LogP contribution in [0.15, 0.2) is 12.1 Å². The summed E-state index contributed by atoms with van der Waals surface area (Å²) >= 11 is 0. The van der Waals surface area contributed by atoms with Gasteiger partial charge in [0.2, 0.25) is 0 Å². The number of methoxy groups -OCH3 is 2. The first-order valence-corrected chi connectivity index (χ1v) is 5.67. The molecule has 0 atom stereocenters. The Morgan fingerprint density at radius 2 is 1.80 bits per heavy atom. The molecular weight excluding hydrogens is 268 g/mol. The van der Waals surface area contributed by atoms with Crippen LogP contribution in [0.2, 0.25) is 0 Å². The van der Waals surface area contributed by atoms with Crippen LogP contribution >= 0.6 is 0 Å². The van der Waals surface area contributed by atoms with Crippen LogP contribution in [0.1, 0.15) is 27.6 Å². The molecule has 20 heavy (non-hydrogen) atoms. The Morgan fingerprint density at radius 3 is 2.25 bits per heavy atom. The molecule has 1 rings (SSSR count). The van der Waals surface area contributed by atoms with Crippen molar-refractivity contribution >= 4 is 17.7 Å². The average Bonchev–Trinajstić information content (AvgIpc) is 2.44. The molecule has 7 nitrogen and oxygen atoms in total. The minimum absolute atomic E-state index is 0.0180. The van der Waals surface area contributed by atoms with Gasteiger partial charge in [-0.1, -0.05) is 0 Å². The van der Waals surface area contributed by atoms with Gasteiger partial charge in [0.15, 0.2) is 11.5 Å². The summed E-state index contributed by atoms with van der Waals surface area (Å²) in [5, 5.41) is 8.99. The zero-order valence-corrected chi connectivity index (χ0v) is 11.3.